The molecule has 1 N–H and O–H groups in total. The second kappa shape index (κ2) is 6.40. The van der Waals surface area contributed by atoms with Crippen LogP contribution in [0.3, 0.4) is 0 Å². The normalized spacial score (nSPS) is 12.8. The van der Waals surface area contributed by atoms with Crippen molar-refractivity contribution in [2.45, 2.75) is 18.1 Å². The Morgan fingerprint density at radius 3 is 2.96 bits per heavy atom. The van der Waals surface area contributed by atoms with Crippen LogP contribution in [0.2, 0.25) is 0 Å². The Morgan fingerprint density at radius 1 is 1.21 bits per heavy atom. The molecule has 3 heterocycles. The van der Waals surface area contributed by atoms with Gasteiger partial charge in [0.05, 0.1) is 17.3 Å². The largest absolute Gasteiger partial charge is 0.471 e. The van der Waals surface area contributed by atoms with Crippen molar-refractivity contribution in [2.75, 3.05) is 5.32 Å². The SMILES string of the molecule is O=C(Nc1onc2c1CSC2)c1cc(OCc2ccccc2)no1. The summed E-state index contributed by atoms with van der Waals surface area (Å²) in [6.07, 6.45) is 0. The lowest BCUT2D eigenvalue weighted by Crippen LogP contribution is -2.11. The summed E-state index contributed by atoms with van der Waals surface area (Å²) in [6.45, 7) is 0.348. The number of carbonyl (C=O) groups excluding carboxylic acids is 1. The van der Waals surface area contributed by atoms with E-state index in [9.17, 15) is 4.79 Å². The van der Waals surface area contributed by atoms with Gasteiger partial charge >= 0.3 is 0 Å². The molecule has 0 saturated carbocycles. The van der Waals surface area contributed by atoms with Gasteiger partial charge < -0.3 is 13.8 Å². The van der Waals surface area contributed by atoms with Gasteiger partial charge in [-0.1, -0.05) is 35.5 Å². The fourth-order valence-electron chi connectivity index (χ4n) is 2.28. The van der Waals surface area contributed by atoms with Gasteiger partial charge in [0.2, 0.25) is 11.6 Å². The first-order valence-corrected chi connectivity index (χ1v) is 8.45. The molecule has 4 rings (SSSR count). The minimum absolute atomic E-state index is 0.0499. The Balaban J connectivity index is 1.39. The third kappa shape index (κ3) is 3.00. The number of aromatic nitrogens is 2. The van der Waals surface area contributed by atoms with Gasteiger partial charge in [0, 0.05) is 11.5 Å². The molecule has 0 saturated heterocycles. The van der Waals surface area contributed by atoms with E-state index in [-0.39, 0.29) is 11.6 Å². The van der Waals surface area contributed by atoms with Crippen LogP contribution in [-0.4, -0.2) is 16.2 Å². The van der Waals surface area contributed by atoms with E-state index in [1.54, 1.807) is 11.8 Å². The zero-order valence-corrected chi connectivity index (χ0v) is 13.3. The molecule has 0 bridgehead atoms. The second-order valence-electron chi connectivity index (χ2n) is 5.19. The molecule has 3 aromatic rings. The lowest BCUT2D eigenvalue weighted by molar-refractivity contribution is 0.0984. The van der Waals surface area contributed by atoms with Crippen LogP contribution < -0.4 is 10.1 Å². The highest BCUT2D eigenvalue weighted by Crippen LogP contribution is 2.34. The number of fused-ring (bicyclic) bond motifs is 1. The van der Waals surface area contributed by atoms with E-state index >= 15 is 0 Å². The monoisotopic (exact) mass is 343 g/mol. The van der Waals surface area contributed by atoms with Crippen molar-refractivity contribution < 1.29 is 18.6 Å². The van der Waals surface area contributed by atoms with Gasteiger partial charge in [0.25, 0.3) is 11.8 Å². The molecule has 7 nitrogen and oxygen atoms in total. The van der Waals surface area contributed by atoms with Gasteiger partial charge in [-0.3, -0.25) is 10.1 Å². The van der Waals surface area contributed by atoms with E-state index < -0.39 is 5.91 Å². The summed E-state index contributed by atoms with van der Waals surface area (Å²) in [5.74, 6) is 1.79. The number of thioether (sulfide) groups is 1. The maximum Gasteiger partial charge on any atom is 0.296 e. The first-order chi connectivity index (χ1) is 11.8. The van der Waals surface area contributed by atoms with Crippen LogP contribution in [0.4, 0.5) is 5.88 Å². The van der Waals surface area contributed by atoms with Gasteiger partial charge in [0.1, 0.15) is 6.61 Å². The van der Waals surface area contributed by atoms with E-state index in [4.69, 9.17) is 13.8 Å². The van der Waals surface area contributed by atoms with Gasteiger partial charge in [-0.15, -0.1) is 0 Å². The molecule has 24 heavy (non-hydrogen) atoms. The van der Waals surface area contributed by atoms with Crippen LogP contribution in [0.15, 0.2) is 45.4 Å². The van der Waals surface area contributed by atoms with Crippen LogP contribution >= 0.6 is 11.8 Å². The van der Waals surface area contributed by atoms with Gasteiger partial charge in [0.15, 0.2) is 0 Å². The minimum atomic E-state index is -0.451. The number of amides is 1. The number of benzene rings is 1. The Bertz CT molecular complexity index is 859. The van der Waals surface area contributed by atoms with Crippen LogP contribution in [0.25, 0.3) is 0 Å². The highest BCUT2D eigenvalue weighted by atomic mass is 32.2. The smallest absolute Gasteiger partial charge is 0.296 e. The zero-order chi connectivity index (χ0) is 16.4. The molecule has 0 aliphatic carbocycles. The second-order valence-corrected chi connectivity index (χ2v) is 6.17. The predicted octanol–water partition coefficient (Wildman–Crippen LogP) is 3.24. The summed E-state index contributed by atoms with van der Waals surface area (Å²) >= 11 is 1.73. The summed E-state index contributed by atoms with van der Waals surface area (Å²) in [7, 11) is 0. The number of hydrogen-bond donors (Lipinski definition) is 1. The number of hydrogen-bond acceptors (Lipinski definition) is 7. The summed E-state index contributed by atoms with van der Waals surface area (Å²) in [4.78, 5) is 12.2. The van der Waals surface area contributed by atoms with Gasteiger partial charge in [-0.25, -0.2) is 0 Å². The molecule has 8 heteroatoms. The Labute approximate surface area is 141 Å². The predicted molar refractivity (Wildman–Crippen MR) is 86.7 cm³/mol. The first kappa shape index (κ1) is 14.8. The number of rotatable bonds is 5. The maximum atomic E-state index is 12.2. The molecule has 1 aromatic carbocycles. The Kier molecular flexibility index (Phi) is 3.96. The maximum absolute atomic E-state index is 12.2. The summed E-state index contributed by atoms with van der Waals surface area (Å²) in [5.41, 5.74) is 2.80. The van der Waals surface area contributed by atoms with E-state index in [1.807, 2.05) is 30.3 Å². The van der Waals surface area contributed by atoms with Crippen LogP contribution in [-0.2, 0) is 18.1 Å². The lowest BCUT2D eigenvalue weighted by Gasteiger charge is -2.00. The molecule has 0 radical (unpaired) electrons. The molecular formula is C16H13N3O4S. The molecule has 1 aliphatic rings. The number of carbonyl (C=O) groups is 1. The van der Waals surface area contributed by atoms with Crippen molar-refractivity contribution in [1.29, 1.82) is 0 Å². The number of nitrogens with one attached hydrogen (secondary N) is 1. The topological polar surface area (TPSA) is 90.4 Å². The number of ether oxygens (including phenoxy) is 1. The van der Waals surface area contributed by atoms with E-state index in [1.165, 1.54) is 6.07 Å². The average molecular weight is 343 g/mol. The summed E-state index contributed by atoms with van der Waals surface area (Å²) in [5, 5.41) is 10.3. The van der Waals surface area contributed by atoms with Crippen LogP contribution in [0, 0.1) is 0 Å². The molecular weight excluding hydrogens is 330 g/mol. The molecule has 1 amide bonds. The van der Waals surface area contributed by atoms with E-state index in [0.29, 0.717) is 12.5 Å². The summed E-state index contributed by atoms with van der Waals surface area (Å²) < 4.78 is 15.7. The molecule has 1 aliphatic heterocycles. The third-order valence-electron chi connectivity index (χ3n) is 3.52. The fourth-order valence-corrected chi connectivity index (χ4v) is 3.31. The zero-order valence-electron chi connectivity index (χ0n) is 12.5. The van der Waals surface area contributed by atoms with Crippen LogP contribution in [0.5, 0.6) is 5.88 Å². The van der Waals surface area contributed by atoms with Crippen molar-refractivity contribution in [1.82, 2.24) is 10.3 Å². The Morgan fingerprint density at radius 2 is 2.08 bits per heavy atom. The summed E-state index contributed by atoms with van der Waals surface area (Å²) in [6, 6.07) is 11.1. The Hall–Kier alpha value is -2.74. The highest BCUT2D eigenvalue weighted by Gasteiger charge is 2.24. The van der Waals surface area contributed by atoms with E-state index in [2.05, 4.69) is 15.6 Å². The van der Waals surface area contributed by atoms with Crippen molar-refractivity contribution >= 4 is 23.6 Å². The standard InChI is InChI=1S/C16H13N3O4S/c20-15(17-16-11-8-24-9-12(11)18-23-16)13-6-14(19-22-13)21-7-10-4-2-1-3-5-10/h1-6H,7-9H2,(H,17,20). The lowest BCUT2D eigenvalue weighted by atomic mass is 10.2. The minimum Gasteiger partial charge on any atom is -0.471 e. The molecule has 0 fully saturated rings. The molecule has 122 valence electrons. The van der Waals surface area contributed by atoms with Gasteiger partial charge in [-0.2, -0.15) is 11.8 Å². The highest BCUT2D eigenvalue weighted by molar-refractivity contribution is 7.98. The van der Waals surface area contributed by atoms with Gasteiger partial charge in [-0.05, 0) is 10.7 Å². The van der Waals surface area contributed by atoms with Crippen molar-refractivity contribution in [3.8, 4) is 5.88 Å². The quantitative estimate of drug-likeness (QED) is 0.760. The molecule has 0 unspecified atom stereocenters. The number of anilines is 1. The fraction of sp³-hybridized carbons (Fsp3) is 0.188. The van der Waals surface area contributed by atoms with Crippen LogP contribution in [0.1, 0.15) is 27.4 Å². The molecule has 0 spiro atoms. The molecule has 0 atom stereocenters. The van der Waals surface area contributed by atoms with Crippen molar-refractivity contribution in [2.24, 2.45) is 0 Å². The van der Waals surface area contributed by atoms with Crippen molar-refractivity contribution in [3.05, 3.63) is 59.0 Å². The first-order valence-electron chi connectivity index (χ1n) is 7.29. The average Bonchev–Trinajstić information content (AvgIpc) is 3.32. The number of nitrogens with zero attached hydrogens (tertiary/aromatic N) is 2. The van der Waals surface area contributed by atoms with E-state index in [0.717, 1.165) is 28.3 Å². The third-order valence-corrected chi connectivity index (χ3v) is 4.49. The van der Waals surface area contributed by atoms with Crippen molar-refractivity contribution in [3.63, 3.8) is 0 Å². The molecule has 2 aromatic heterocycles.